The fourth-order valence-corrected chi connectivity index (χ4v) is 1.05. The number of halogens is 1. The zero-order chi connectivity index (χ0) is 8.27. The highest BCUT2D eigenvalue weighted by atomic mass is 79.9. The normalized spacial score (nSPS) is 9.18. The van der Waals surface area contributed by atoms with Crippen LogP contribution in [0.5, 0.6) is 0 Å². The van der Waals surface area contributed by atoms with E-state index in [9.17, 15) is 4.79 Å². The molecule has 0 N–H and O–H groups in total. The van der Waals surface area contributed by atoms with Crippen molar-refractivity contribution in [2.75, 3.05) is 0 Å². The zero-order valence-electron chi connectivity index (χ0n) is 5.58. The lowest BCUT2D eigenvalue weighted by molar-refractivity contribution is 0.107. The number of ketones is 1. The second-order valence-corrected chi connectivity index (χ2v) is 3.70. The molecule has 1 rings (SSSR count). The average Bonchev–Trinajstić information content (AvgIpc) is 2.05. The number of carbonyl (C=O) groups is 1. The number of benzene rings is 1. The number of hydrogen-bond donors (Lipinski definition) is 0. The second kappa shape index (κ2) is 3.74. The van der Waals surface area contributed by atoms with Gasteiger partial charge in [0.25, 0.3) is 0 Å². The molecule has 0 unspecified atom stereocenters. The highest BCUT2D eigenvalue weighted by Gasteiger charge is 2.06. The Hall–Kier alpha value is -0.540. The van der Waals surface area contributed by atoms with E-state index in [-0.39, 0.29) is 9.56 Å². The number of thiocarbonyl (C=S) groups is 1. The molecule has 56 valence electrons. The van der Waals surface area contributed by atoms with Gasteiger partial charge in [-0.1, -0.05) is 42.5 Å². The Morgan fingerprint density at radius 2 is 1.82 bits per heavy atom. The van der Waals surface area contributed by atoms with Crippen LogP contribution in [0.3, 0.4) is 0 Å². The van der Waals surface area contributed by atoms with E-state index < -0.39 is 0 Å². The first-order valence-corrected chi connectivity index (χ1v) is 4.21. The summed E-state index contributed by atoms with van der Waals surface area (Å²) < 4.78 is 0.226. The van der Waals surface area contributed by atoms with E-state index in [1.54, 1.807) is 24.3 Å². The smallest absolute Gasteiger partial charge is 0.210 e. The topological polar surface area (TPSA) is 17.1 Å². The maximum atomic E-state index is 11.2. The summed E-state index contributed by atoms with van der Waals surface area (Å²) in [7, 11) is 0. The fourth-order valence-electron chi connectivity index (χ4n) is 0.703. The molecule has 0 spiro atoms. The van der Waals surface area contributed by atoms with Crippen LogP contribution in [-0.2, 0) is 0 Å². The van der Waals surface area contributed by atoms with Crippen molar-refractivity contribution in [2.45, 2.75) is 0 Å². The van der Waals surface area contributed by atoms with Crippen molar-refractivity contribution in [1.29, 1.82) is 0 Å². The maximum absolute atomic E-state index is 11.2. The Bertz CT molecular complexity index is 281. The monoisotopic (exact) mass is 228 g/mol. The molecular formula is C8H5BrOS. The van der Waals surface area contributed by atoms with Gasteiger partial charge in [-0.3, -0.25) is 4.79 Å². The van der Waals surface area contributed by atoms with Crippen molar-refractivity contribution in [3.8, 4) is 0 Å². The zero-order valence-corrected chi connectivity index (χ0v) is 7.98. The Labute approximate surface area is 78.5 Å². The van der Waals surface area contributed by atoms with Gasteiger partial charge in [0.2, 0.25) is 5.78 Å². The minimum atomic E-state index is -0.138. The van der Waals surface area contributed by atoms with Gasteiger partial charge in [-0.15, -0.1) is 0 Å². The first-order valence-electron chi connectivity index (χ1n) is 3.01. The quantitative estimate of drug-likeness (QED) is 0.440. The summed E-state index contributed by atoms with van der Waals surface area (Å²) in [5, 5.41) is 0. The van der Waals surface area contributed by atoms with Crippen LogP contribution >= 0.6 is 28.1 Å². The molecule has 0 saturated carbocycles. The molecule has 0 aliphatic rings. The van der Waals surface area contributed by atoms with Crippen molar-refractivity contribution in [3.05, 3.63) is 35.9 Å². The molecule has 0 heterocycles. The summed E-state index contributed by atoms with van der Waals surface area (Å²) in [6.45, 7) is 0. The van der Waals surface area contributed by atoms with E-state index in [0.717, 1.165) is 0 Å². The molecule has 0 amide bonds. The fraction of sp³-hybridized carbons (Fsp3) is 0. The lowest BCUT2D eigenvalue weighted by atomic mass is 10.2. The molecular weight excluding hydrogens is 224 g/mol. The second-order valence-electron chi connectivity index (χ2n) is 1.97. The predicted molar refractivity (Wildman–Crippen MR) is 52.3 cm³/mol. The van der Waals surface area contributed by atoms with E-state index in [1.807, 2.05) is 6.07 Å². The van der Waals surface area contributed by atoms with Crippen LogP contribution in [0.15, 0.2) is 30.3 Å². The average molecular weight is 229 g/mol. The molecule has 0 fully saturated rings. The molecule has 1 aromatic carbocycles. The molecule has 0 aliphatic heterocycles. The largest absolute Gasteiger partial charge is 0.287 e. The molecule has 11 heavy (non-hydrogen) atoms. The van der Waals surface area contributed by atoms with E-state index in [4.69, 9.17) is 0 Å². The number of carbonyl (C=O) groups excluding carboxylic acids is 1. The number of Topliss-reactive ketones (excluding diaryl/α,β-unsaturated/α-hetero) is 1. The van der Waals surface area contributed by atoms with Crippen molar-refractivity contribution >= 4 is 37.7 Å². The molecule has 0 atom stereocenters. The Morgan fingerprint density at radius 1 is 1.27 bits per heavy atom. The molecule has 0 aromatic heterocycles. The van der Waals surface area contributed by atoms with Crippen LogP contribution in [0.4, 0.5) is 0 Å². The minimum absolute atomic E-state index is 0.138. The van der Waals surface area contributed by atoms with Crippen LogP contribution in [0.2, 0.25) is 0 Å². The lowest BCUT2D eigenvalue weighted by Gasteiger charge is -1.94. The van der Waals surface area contributed by atoms with Crippen LogP contribution in [-0.4, -0.2) is 9.56 Å². The Kier molecular flexibility index (Phi) is 2.91. The molecule has 0 aliphatic carbocycles. The highest BCUT2D eigenvalue weighted by Crippen LogP contribution is 2.04. The van der Waals surface area contributed by atoms with Gasteiger partial charge in [-0.2, -0.15) is 0 Å². The number of rotatable bonds is 2. The summed E-state index contributed by atoms with van der Waals surface area (Å²) in [6, 6.07) is 8.93. The van der Waals surface area contributed by atoms with Gasteiger partial charge in [-0.25, -0.2) is 0 Å². The van der Waals surface area contributed by atoms with Gasteiger partial charge < -0.3 is 0 Å². The summed E-state index contributed by atoms with van der Waals surface area (Å²) in [4.78, 5) is 11.2. The van der Waals surface area contributed by atoms with Crippen molar-refractivity contribution in [3.63, 3.8) is 0 Å². The summed E-state index contributed by atoms with van der Waals surface area (Å²) >= 11 is 7.63. The van der Waals surface area contributed by atoms with Crippen LogP contribution < -0.4 is 0 Å². The van der Waals surface area contributed by atoms with E-state index in [2.05, 4.69) is 28.1 Å². The summed E-state index contributed by atoms with van der Waals surface area (Å²) in [5.41, 5.74) is 0.620. The van der Waals surface area contributed by atoms with Gasteiger partial charge in [0.1, 0.15) is 3.77 Å². The first kappa shape index (κ1) is 8.56. The third-order valence-electron chi connectivity index (χ3n) is 1.21. The van der Waals surface area contributed by atoms with Gasteiger partial charge in [0.05, 0.1) is 0 Å². The third-order valence-corrected chi connectivity index (χ3v) is 1.76. The molecule has 0 bridgehead atoms. The summed E-state index contributed by atoms with van der Waals surface area (Å²) in [6.07, 6.45) is 0. The Balaban J connectivity index is 2.95. The highest BCUT2D eigenvalue weighted by molar-refractivity contribution is 9.20. The SMILES string of the molecule is O=C(C(=S)Br)c1ccccc1. The van der Waals surface area contributed by atoms with Gasteiger partial charge in [0, 0.05) is 5.56 Å². The van der Waals surface area contributed by atoms with Crippen molar-refractivity contribution in [2.24, 2.45) is 0 Å². The van der Waals surface area contributed by atoms with Gasteiger partial charge >= 0.3 is 0 Å². The molecule has 1 aromatic rings. The maximum Gasteiger partial charge on any atom is 0.210 e. The predicted octanol–water partition coefficient (Wildman–Crippen LogP) is 2.59. The molecule has 3 heteroatoms. The number of hydrogen-bond acceptors (Lipinski definition) is 2. The van der Waals surface area contributed by atoms with Crippen molar-refractivity contribution < 1.29 is 4.79 Å². The molecule has 1 nitrogen and oxygen atoms in total. The Morgan fingerprint density at radius 3 is 2.27 bits per heavy atom. The van der Waals surface area contributed by atoms with Crippen LogP contribution in [0.1, 0.15) is 10.4 Å². The van der Waals surface area contributed by atoms with E-state index in [1.165, 1.54) is 0 Å². The van der Waals surface area contributed by atoms with Crippen molar-refractivity contribution in [1.82, 2.24) is 0 Å². The van der Waals surface area contributed by atoms with Gasteiger partial charge in [0.15, 0.2) is 0 Å². The third kappa shape index (κ3) is 2.20. The minimum Gasteiger partial charge on any atom is -0.287 e. The van der Waals surface area contributed by atoms with Crippen LogP contribution in [0.25, 0.3) is 0 Å². The first-order chi connectivity index (χ1) is 5.22. The van der Waals surface area contributed by atoms with Gasteiger partial charge in [-0.05, 0) is 15.9 Å². The van der Waals surface area contributed by atoms with E-state index in [0.29, 0.717) is 5.56 Å². The molecule has 0 saturated heterocycles. The standard InChI is InChI=1S/C8H5BrOS/c9-8(11)7(10)6-4-2-1-3-5-6/h1-5H. The van der Waals surface area contributed by atoms with Crippen LogP contribution in [0, 0.1) is 0 Å². The molecule has 0 radical (unpaired) electrons. The van der Waals surface area contributed by atoms with E-state index >= 15 is 0 Å². The lowest BCUT2D eigenvalue weighted by Crippen LogP contribution is -2.03. The summed E-state index contributed by atoms with van der Waals surface area (Å²) in [5.74, 6) is -0.138.